The second-order valence-electron chi connectivity index (χ2n) is 4.71. The van der Waals surface area contributed by atoms with Crippen molar-refractivity contribution in [3.05, 3.63) is 53.9 Å². The summed E-state index contributed by atoms with van der Waals surface area (Å²) in [5.41, 5.74) is 7.22. The molecule has 3 aromatic rings. The van der Waals surface area contributed by atoms with Crippen LogP contribution in [0.3, 0.4) is 0 Å². The number of amides is 2. The Balaban J connectivity index is 2.21. The summed E-state index contributed by atoms with van der Waals surface area (Å²) in [6.07, 6.45) is 3.20. The van der Waals surface area contributed by atoms with Crippen LogP contribution in [-0.2, 0) is 0 Å². The van der Waals surface area contributed by atoms with Crippen LogP contribution in [0.1, 0.15) is 0 Å². The molecule has 6 nitrogen and oxygen atoms in total. The van der Waals surface area contributed by atoms with E-state index in [0.29, 0.717) is 17.1 Å². The predicted molar refractivity (Wildman–Crippen MR) is 89.3 cm³/mol. The number of carbonyl (C=O) groups is 1. The van der Waals surface area contributed by atoms with E-state index in [1.54, 1.807) is 30.5 Å². The van der Waals surface area contributed by atoms with Crippen LogP contribution >= 0.6 is 11.6 Å². The van der Waals surface area contributed by atoms with Gasteiger partial charge < -0.3 is 10.5 Å². The number of rotatable bonds is 3. The van der Waals surface area contributed by atoms with E-state index in [1.807, 2.05) is 12.1 Å². The first-order valence-corrected chi connectivity index (χ1v) is 7.12. The van der Waals surface area contributed by atoms with Gasteiger partial charge in [-0.1, -0.05) is 17.7 Å². The number of ether oxygens (including phenoxy) is 1. The number of nitrogens with two attached hydrogens (primary N) is 1. The van der Waals surface area contributed by atoms with Crippen molar-refractivity contribution in [3.63, 3.8) is 0 Å². The average Bonchev–Trinajstić information content (AvgIpc) is 2.56. The highest BCUT2D eigenvalue weighted by Crippen LogP contribution is 2.38. The van der Waals surface area contributed by atoms with Crippen LogP contribution in [-0.4, -0.2) is 23.1 Å². The zero-order valence-corrected chi connectivity index (χ0v) is 13.0. The highest BCUT2D eigenvalue weighted by Gasteiger charge is 2.23. The number of fused-ring (bicyclic) bond motifs is 1. The lowest BCUT2D eigenvalue weighted by Crippen LogP contribution is -2.32. The number of primary amides is 1. The molecular formula is C16H13ClN4O2. The number of carbonyl (C=O) groups excluding carboxylic acids is 1. The molecule has 7 heteroatoms. The van der Waals surface area contributed by atoms with Crippen LogP contribution in [0.15, 0.2) is 48.8 Å². The quantitative estimate of drug-likeness (QED) is 0.746. The second-order valence-corrected chi connectivity index (χ2v) is 5.06. The summed E-state index contributed by atoms with van der Waals surface area (Å²) in [6, 6.07) is 9.97. The minimum atomic E-state index is -0.693. The fourth-order valence-electron chi connectivity index (χ4n) is 2.35. The Morgan fingerprint density at radius 2 is 2.04 bits per heavy atom. The van der Waals surface area contributed by atoms with Gasteiger partial charge in [0.25, 0.3) is 0 Å². The van der Waals surface area contributed by atoms with Crippen molar-refractivity contribution >= 4 is 39.9 Å². The van der Waals surface area contributed by atoms with E-state index in [2.05, 4.69) is 9.97 Å². The Bertz CT molecular complexity index is 885. The fraction of sp³-hybridized carbons (Fsp3) is 0.0625. The van der Waals surface area contributed by atoms with Gasteiger partial charge in [-0.05, 0) is 24.3 Å². The molecule has 0 spiro atoms. The first-order valence-electron chi connectivity index (χ1n) is 6.74. The molecular weight excluding hydrogens is 316 g/mol. The summed E-state index contributed by atoms with van der Waals surface area (Å²) >= 11 is 6.16. The number of halogens is 1. The molecule has 2 aromatic heterocycles. The van der Waals surface area contributed by atoms with Crippen molar-refractivity contribution in [2.24, 2.45) is 5.73 Å². The first-order chi connectivity index (χ1) is 11.1. The Labute approximate surface area is 137 Å². The zero-order chi connectivity index (χ0) is 16.4. The Hall–Kier alpha value is -2.86. The third-order valence-corrected chi connectivity index (χ3v) is 3.63. The van der Waals surface area contributed by atoms with Gasteiger partial charge in [-0.3, -0.25) is 9.88 Å². The third-order valence-electron chi connectivity index (χ3n) is 3.35. The average molecular weight is 329 g/mol. The van der Waals surface area contributed by atoms with Gasteiger partial charge in [-0.25, -0.2) is 9.78 Å². The molecule has 0 radical (unpaired) electrons. The maximum atomic E-state index is 12.0. The number of benzene rings is 1. The van der Waals surface area contributed by atoms with Crippen LogP contribution in [0.4, 0.5) is 16.2 Å². The molecule has 23 heavy (non-hydrogen) atoms. The fourth-order valence-corrected chi connectivity index (χ4v) is 2.58. The van der Waals surface area contributed by atoms with E-state index in [0.717, 1.165) is 10.9 Å². The molecule has 0 unspecified atom stereocenters. The standard InChI is InChI=1S/C16H13ClN4O2/c1-23-13-6-8-20-15(17)14(13)21(16(18)22)11-4-5-12-10(9-11)3-2-7-19-12/h2-9H,1H3,(H2,18,22). The monoisotopic (exact) mass is 328 g/mol. The summed E-state index contributed by atoms with van der Waals surface area (Å²) < 4.78 is 5.28. The number of hydrogen-bond donors (Lipinski definition) is 1. The number of hydrogen-bond acceptors (Lipinski definition) is 4. The van der Waals surface area contributed by atoms with Gasteiger partial charge in [0.2, 0.25) is 0 Å². The van der Waals surface area contributed by atoms with E-state index in [9.17, 15) is 4.79 Å². The molecule has 0 atom stereocenters. The van der Waals surface area contributed by atoms with Crippen LogP contribution in [0.5, 0.6) is 5.75 Å². The van der Waals surface area contributed by atoms with Crippen molar-refractivity contribution < 1.29 is 9.53 Å². The van der Waals surface area contributed by atoms with E-state index < -0.39 is 6.03 Å². The number of anilines is 2. The van der Waals surface area contributed by atoms with E-state index >= 15 is 0 Å². The Morgan fingerprint density at radius 3 is 2.78 bits per heavy atom. The topological polar surface area (TPSA) is 81.3 Å². The van der Waals surface area contributed by atoms with Crippen LogP contribution in [0, 0.1) is 0 Å². The van der Waals surface area contributed by atoms with Crippen molar-refractivity contribution in [2.75, 3.05) is 12.0 Å². The number of urea groups is 1. The number of aromatic nitrogens is 2. The molecule has 2 N–H and O–H groups in total. The smallest absolute Gasteiger partial charge is 0.324 e. The van der Waals surface area contributed by atoms with E-state index in [4.69, 9.17) is 22.1 Å². The molecule has 0 aliphatic rings. The molecule has 2 amide bonds. The molecule has 2 heterocycles. The highest BCUT2D eigenvalue weighted by atomic mass is 35.5. The largest absolute Gasteiger partial charge is 0.494 e. The Kier molecular flexibility index (Phi) is 3.99. The lowest BCUT2D eigenvalue weighted by Gasteiger charge is -2.23. The first kappa shape index (κ1) is 15.1. The summed E-state index contributed by atoms with van der Waals surface area (Å²) in [5, 5.41) is 0.990. The normalized spacial score (nSPS) is 10.5. The summed E-state index contributed by atoms with van der Waals surface area (Å²) in [7, 11) is 1.48. The molecule has 0 aliphatic heterocycles. The second kappa shape index (κ2) is 6.10. The molecule has 3 rings (SSSR count). The molecule has 0 fully saturated rings. The van der Waals surface area contributed by atoms with Crippen LogP contribution < -0.4 is 15.4 Å². The van der Waals surface area contributed by atoms with Gasteiger partial charge in [-0.2, -0.15) is 0 Å². The minimum Gasteiger partial charge on any atom is -0.494 e. The number of pyridine rings is 2. The van der Waals surface area contributed by atoms with E-state index in [1.165, 1.54) is 18.2 Å². The lowest BCUT2D eigenvalue weighted by atomic mass is 10.2. The molecule has 0 saturated heterocycles. The van der Waals surface area contributed by atoms with Crippen molar-refractivity contribution in [2.45, 2.75) is 0 Å². The van der Waals surface area contributed by atoms with Crippen LogP contribution in [0.2, 0.25) is 5.15 Å². The van der Waals surface area contributed by atoms with Crippen molar-refractivity contribution in [3.8, 4) is 5.75 Å². The maximum Gasteiger partial charge on any atom is 0.324 e. The SMILES string of the molecule is COc1ccnc(Cl)c1N(C(N)=O)c1ccc2ncccc2c1. The van der Waals surface area contributed by atoms with Gasteiger partial charge in [0.05, 0.1) is 18.3 Å². The van der Waals surface area contributed by atoms with Gasteiger partial charge in [0.1, 0.15) is 11.4 Å². The maximum absolute atomic E-state index is 12.0. The van der Waals surface area contributed by atoms with Gasteiger partial charge in [0.15, 0.2) is 5.15 Å². The molecule has 1 aromatic carbocycles. The molecule has 0 bridgehead atoms. The predicted octanol–water partition coefficient (Wildman–Crippen LogP) is 3.51. The molecule has 0 saturated carbocycles. The van der Waals surface area contributed by atoms with Gasteiger partial charge in [0, 0.05) is 23.8 Å². The zero-order valence-electron chi connectivity index (χ0n) is 12.2. The highest BCUT2D eigenvalue weighted by molar-refractivity contribution is 6.33. The van der Waals surface area contributed by atoms with Crippen LogP contribution in [0.25, 0.3) is 10.9 Å². The molecule has 0 aliphatic carbocycles. The summed E-state index contributed by atoms with van der Waals surface area (Å²) in [4.78, 5) is 21.6. The number of methoxy groups -OCH3 is 1. The minimum absolute atomic E-state index is 0.120. The lowest BCUT2D eigenvalue weighted by molar-refractivity contribution is 0.256. The number of nitrogens with zero attached hydrogens (tertiary/aromatic N) is 3. The van der Waals surface area contributed by atoms with Gasteiger partial charge in [-0.15, -0.1) is 0 Å². The van der Waals surface area contributed by atoms with E-state index in [-0.39, 0.29) is 5.15 Å². The Morgan fingerprint density at radius 1 is 1.22 bits per heavy atom. The third kappa shape index (κ3) is 2.76. The van der Waals surface area contributed by atoms with Gasteiger partial charge >= 0.3 is 6.03 Å². The summed E-state index contributed by atoms with van der Waals surface area (Å²) in [6.45, 7) is 0. The van der Waals surface area contributed by atoms with Crippen molar-refractivity contribution in [1.82, 2.24) is 9.97 Å². The van der Waals surface area contributed by atoms with Crippen molar-refractivity contribution in [1.29, 1.82) is 0 Å². The summed E-state index contributed by atoms with van der Waals surface area (Å²) in [5.74, 6) is 0.398. The molecule has 116 valence electrons.